The molecular weight excluding hydrogens is 366 g/mol. The Morgan fingerprint density at radius 2 is 1.89 bits per heavy atom. The van der Waals surface area contributed by atoms with Crippen molar-refractivity contribution in [2.45, 2.75) is 25.3 Å². The van der Waals surface area contributed by atoms with Crippen molar-refractivity contribution in [3.05, 3.63) is 64.2 Å². The molecule has 0 aliphatic heterocycles. The molecule has 0 saturated carbocycles. The molecule has 0 radical (unpaired) electrons. The summed E-state index contributed by atoms with van der Waals surface area (Å²) in [5, 5.41) is 4.27. The molecule has 142 valence electrons. The van der Waals surface area contributed by atoms with E-state index in [2.05, 4.69) is 14.8 Å². The number of sulfonamides is 1. The standard InChI is InChI=1S/C18H21N5O3S/c1-13-7-6-9-16(14(13)2)27(25,26)20-11-12-23-18(24)22(3)17(21-23)15-8-4-5-10-19-15/h4-10,20H,11-12H2,1-3H3. The Hall–Kier alpha value is -2.78. The van der Waals surface area contributed by atoms with Crippen molar-refractivity contribution in [3.8, 4) is 11.5 Å². The minimum Gasteiger partial charge on any atom is -0.277 e. The molecule has 0 atom stereocenters. The van der Waals surface area contributed by atoms with Crippen LogP contribution in [0, 0.1) is 13.8 Å². The normalized spacial score (nSPS) is 11.7. The van der Waals surface area contributed by atoms with E-state index in [0.717, 1.165) is 5.56 Å². The topological polar surface area (TPSA) is 98.9 Å². The molecule has 1 aromatic carbocycles. The molecule has 0 saturated heterocycles. The van der Waals surface area contributed by atoms with Gasteiger partial charge < -0.3 is 0 Å². The molecule has 3 rings (SSSR count). The summed E-state index contributed by atoms with van der Waals surface area (Å²) in [6, 6.07) is 10.5. The molecule has 8 nitrogen and oxygen atoms in total. The zero-order chi connectivity index (χ0) is 19.6. The van der Waals surface area contributed by atoms with Gasteiger partial charge in [-0.3, -0.25) is 9.55 Å². The molecule has 9 heteroatoms. The quantitative estimate of drug-likeness (QED) is 0.686. The molecule has 27 heavy (non-hydrogen) atoms. The van der Waals surface area contributed by atoms with Gasteiger partial charge in [0.25, 0.3) is 0 Å². The van der Waals surface area contributed by atoms with Gasteiger partial charge in [-0.25, -0.2) is 22.6 Å². The molecule has 0 bridgehead atoms. The minimum atomic E-state index is -3.66. The van der Waals surface area contributed by atoms with Gasteiger partial charge in [-0.1, -0.05) is 18.2 Å². The van der Waals surface area contributed by atoms with Crippen molar-refractivity contribution in [1.82, 2.24) is 24.1 Å². The molecule has 1 N–H and O–H groups in total. The molecule has 3 aromatic rings. The molecule has 0 aliphatic rings. The Labute approximate surface area is 157 Å². The molecule has 2 heterocycles. The first kappa shape index (κ1) is 19.0. The van der Waals surface area contributed by atoms with E-state index in [1.807, 2.05) is 19.1 Å². The lowest BCUT2D eigenvalue weighted by Gasteiger charge is -2.10. The minimum absolute atomic E-state index is 0.0499. The average molecular weight is 387 g/mol. The van der Waals surface area contributed by atoms with Gasteiger partial charge in [-0.2, -0.15) is 0 Å². The van der Waals surface area contributed by atoms with Crippen molar-refractivity contribution < 1.29 is 8.42 Å². The van der Waals surface area contributed by atoms with E-state index in [4.69, 9.17) is 0 Å². The Morgan fingerprint density at radius 1 is 1.11 bits per heavy atom. The molecule has 2 aromatic heterocycles. The molecule has 0 fully saturated rings. The highest BCUT2D eigenvalue weighted by Crippen LogP contribution is 2.17. The lowest BCUT2D eigenvalue weighted by Crippen LogP contribution is -2.32. The summed E-state index contributed by atoms with van der Waals surface area (Å²) in [6.45, 7) is 3.80. The Morgan fingerprint density at radius 3 is 2.59 bits per heavy atom. The molecule has 0 aliphatic carbocycles. The SMILES string of the molecule is Cc1cccc(S(=O)(=O)NCCn2nc(-c3ccccn3)n(C)c2=O)c1C. The van der Waals surface area contributed by atoms with Crippen molar-refractivity contribution >= 4 is 10.0 Å². The van der Waals surface area contributed by atoms with Crippen LogP contribution in [0.25, 0.3) is 11.5 Å². The van der Waals surface area contributed by atoms with Crippen LogP contribution in [0.15, 0.2) is 52.3 Å². The predicted molar refractivity (Wildman–Crippen MR) is 102 cm³/mol. The maximum absolute atomic E-state index is 12.5. The summed E-state index contributed by atoms with van der Waals surface area (Å²) in [7, 11) is -2.06. The van der Waals surface area contributed by atoms with E-state index in [-0.39, 0.29) is 23.7 Å². The number of nitrogens with zero attached hydrogens (tertiary/aromatic N) is 4. The van der Waals surface area contributed by atoms with Crippen LogP contribution in [0.3, 0.4) is 0 Å². The van der Waals surface area contributed by atoms with Gasteiger partial charge in [0.2, 0.25) is 10.0 Å². The second-order valence-corrected chi connectivity index (χ2v) is 7.93. The Kier molecular flexibility index (Phi) is 5.24. The zero-order valence-electron chi connectivity index (χ0n) is 15.4. The van der Waals surface area contributed by atoms with Crippen LogP contribution in [0.5, 0.6) is 0 Å². The van der Waals surface area contributed by atoms with Crippen molar-refractivity contribution in [2.24, 2.45) is 7.05 Å². The van der Waals surface area contributed by atoms with Crippen molar-refractivity contribution in [2.75, 3.05) is 6.54 Å². The second kappa shape index (κ2) is 7.45. The summed E-state index contributed by atoms with van der Waals surface area (Å²) in [4.78, 5) is 16.8. The van der Waals surface area contributed by atoms with E-state index in [0.29, 0.717) is 17.1 Å². The first-order chi connectivity index (χ1) is 12.8. The first-order valence-corrected chi connectivity index (χ1v) is 9.90. The highest BCUT2D eigenvalue weighted by Gasteiger charge is 2.18. The maximum Gasteiger partial charge on any atom is 0.346 e. The summed E-state index contributed by atoms with van der Waals surface area (Å²) >= 11 is 0. The summed E-state index contributed by atoms with van der Waals surface area (Å²) in [5.74, 6) is 0.429. The predicted octanol–water partition coefficient (Wildman–Crippen LogP) is 1.24. The number of nitrogens with one attached hydrogen (secondary N) is 1. The molecular formula is C18H21N5O3S. The van der Waals surface area contributed by atoms with E-state index < -0.39 is 10.0 Å². The van der Waals surface area contributed by atoms with Crippen LogP contribution in [-0.2, 0) is 23.6 Å². The summed E-state index contributed by atoms with van der Waals surface area (Å²) in [5.41, 5.74) is 1.85. The number of hydrogen-bond donors (Lipinski definition) is 1. The number of aryl methyl sites for hydroxylation is 1. The van der Waals surface area contributed by atoms with Gasteiger partial charge in [-0.15, -0.1) is 5.10 Å². The number of pyridine rings is 1. The van der Waals surface area contributed by atoms with Gasteiger partial charge >= 0.3 is 5.69 Å². The van der Waals surface area contributed by atoms with Crippen molar-refractivity contribution in [1.29, 1.82) is 0 Å². The molecule has 0 amide bonds. The first-order valence-electron chi connectivity index (χ1n) is 8.42. The third-order valence-corrected chi connectivity index (χ3v) is 6.00. The van der Waals surface area contributed by atoms with E-state index in [1.54, 1.807) is 44.4 Å². The van der Waals surface area contributed by atoms with Gasteiger partial charge in [0, 0.05) is 19.8 Å². The zero-order valence-corrected chi connectivity index (χ0v) is 16.2. The van der Waals surface area contributed by atoms with E-state index in [1.165, 1.54) is 9.25 Å². The van der Waals surface area contributed by atoms with Gasteiger partial charge in [0.1, 0.15) is 5.69 Å². The fourth-order valence-electron chi connectivity index (χ4n) is 2.73. The van der Waals surface area contributed by atoms with Crippen LogP contribution >= 0.6 is 0 Å². The summed E-state index contributed by atoms with van der Waals surface area (Å²) < 4.78 is 30.2. The monoisotopic (exact) mass is 387 g/mol. The largest absolute Gasteiger partial charge is 0.346 e. The Bertz CT molecular complexity index is 1120. The van der Waals surface area contributed by atoms with Crippen LogP contribution in [0.2, 0.25) is 0 Å². The van der Waals surface area contributed by atoms with Gasteiger partial charge in [-0.05, 0) is 43.2 Å². The fourth-order valence-corrected chi connectivity index (χ4v) is 4.07. The highest BCUT2D eigenvalue weighted by atomic mass is 32.2. The van der Waals surface area contributed by atoms with E-state index in [9.17, 15) is 13.2 Å². The van der Waals surface area contributed by atoms with Gasteiger partial charge in [0.15, 0.2) is 5.82 Å². The molecule has 0 spiro atoms. The Balaban J connectivity index is 1.76. The van der Waals surface area contributed by atoms with Crippen LogP contribution in [0.4, 0.5) is 0 Å². The van der Waals surface area contributed by atoms with Crippen LogP contribution in [0.1, 0.15) is 11.1 Å². The lowest BCUT2D eigenvalue weighted by molar-refractivity contribution is 0.550. The molecule has 0 unspecified atom stereocenters. The van der Waals surface area contributed by atoms with Crippen LogP contribution in [-0.4, -0.2) is 34.3 Å². The number of benzene rings is 1. The number of rotatable bonds is 6. The number of hydrogen-bond acceptors (Lipinski definition) is 5. The highest BCUT2D eigenvalue weighted by molar-refractivity contribution is 7.89. The van der Waals surface area contributed by atoms with Gasteiger partial charge in [0.05, 0.1) is 11.4 Å². The van der Waals surface area contributed by atoms with Crippen LogP contribution < -0.4 is 10.4 Å². The smallest absolute Gasteiger partial charge is 0.277 e. The number of aromatic nitrogens is 4. The van der Waals surface area contributed by atoms with Crippen molar-refractivity contribution in [3.63, 3.8) is 0 Å². The third kappa shape index (κ3) is 3.83. The lowest BCUT2D eigenvalue weighted by atomic mass is 10.1. The fraction of sp³-hybridized carbons (Fsp3) is 0.278. The maximum atomic E-state index is 12.5. The van der Waals surface area contributed by atoms with E-state index >= 15 is 0 Å². The second-order valence-electron chi connectivity index (χ2n) is 6.20. The summed E-state index contributed by atoms with van der Waals surface area (Å²) in [6.07, 6.45) is 1.62. The average Bonchev–Trinajstić information content (AvgIpc) is 2.93. The third-order valence-electron chi connectivity index (χ3n) is 4.40.